The molecule has 0 unspecified atom stereocenters. The third-order valence-electron chi connectivity index (χ3n) is 2.01. The SMILES string of the molecule is COc1ccc(Cl)cc1[C@H](O)[C@@H](C)N. The Hall–Kier alpha value is -0.770. The van der Waals surface area contributed by atoms with Crippen molar-refractivity contribution in [3.8, 4) is 5.75 Å². The van der Waals surface area contributed by atoms with E-state index in [1.54, 1.807) is 32.2 Å². The maximum atomic E-state index is 9.77. The van der Waals surface area contributed by atoms with E-state index in [0.29, 0.717) is 16.3 Å². The minimum absolute atomic E-state index is 0.359. The summed E-state index contributed by atoms with van der Waals surface area (Å²) in [4.78, 5) is 0. The fourth-order valence-electron chi connectivity index (χ4n) is 1.22. The van der Waals surface area contributed by atoms with Gasteiger partial charge in [-0.2, -0.15) is 0 Å². The van der Waals surface area contributed by atoms with Gasteiger partial charge in [0.15, 0.2) is 0 Å². The van der Waals surface area contributed by atoms with Gasteiger partial charge in [-0.3, -0.25) is 0 Å². The molecule has 14 heavy (non-hydrogen) atoms. The molecule has 3 nitrogen and oxygen atoms in total. The van der Waals surface area contributed by atoms with Crippen molar-refractivity contribution in [2.24, 2.45) is 5.73 Å². The summed E-state index contributed by atoms with van der Waals surface area (Å²) in [5, 5.41) is 10.3. The first-order valence-electron chi connectivity index (χ1n) is 4.33. The van der Waals surface area contributed by atoms with Crippen LogP contribution in [-0.2, 0) is 0 Å². The van der Waals surface area contributed by atoms with Crippen molar-refractivity contribution in [2.45, 2.75) is 19.1 Å². The van der Waals surface area contributed by atoms with Crippen LogP contribution in [-0.4, -0.2) is 18.3 Å². The highest BCUT2D eigenvalue weighted by Crippen LogP contribution is 2.29. The molecule has 1 rings (SSSR count). The molecule has 78 valence electrons. The molecule has 4 heteroatoms. The third kappa shape index (κ3) is 2.38. The molecule has 0 saturated heterocycles. The zero-order chi connectivity index (χ0) is 10.7. The van der Waals surface area contributed by atoms with Crippen molar-refractivity contribution in [1.82, 2.24) is 0 Å². The predicted molar refractivity (Wildman–Crippen MR) is 56.6 cm³/mol. The van der Waals surface area contributed by atoms with Gasteiger partial charge in [-0.1, -0.05) is 11.6 Å². The van der Waals surface area contributed by atoms with Crippen molar-refractivity contribution in [2.75, 3.05) is 7.11 Å². The average molecular weight is 216 g/mol. The number of hydrogen-bond donors (Lipinski definition) is 2. The molecule has 0 aliphatic rings. The summed E-state index contributed by atoms with van der Waals surface area (Å²) < 4.78 is 5.10. The smallest absolute Gasteiger partial charge is 0.124 e. The number of benzene rings is 1. The maximum absolute atomic E-state index is 9.77. The fourth-order valence-corrected chi connectivity index (χ4v) is 1.40. The Morgan fingerprint density at radius 1 is 1.50 bits per heavy atom. The first-order valence-corrected chi connectivity index (χ1v) is 4.71. The van der Waals surface area contributed by atoms with Crippen LogP contribution in [0.4, 0.5) is 0 Å². The van der Waals surface area contributed by atoms with Crippen LogP contribution >= 0.6 is 11.6 Å². The van der Waals surface area contributed by atoms with Crippen LogP contribution in [0.5, 0.6) is 5.75 Å². The zero-order valence-electron chi connectivity index (χ0n) is 8.20. The van der Waals surface area contributed by atoms with Crippen LogP contribution in [0.1, 0.15) is 18.6 Å². The van der Waals surface area contributed by atoms with Gasteiger partial charge < -0.3 is 15.6 Å². The molecule has 2 atom stereocenters. The summed E-state index contributed by atoms with van der Waals surface area (Å²) in [6.45, 7) is 1.73. The van der Waals surface area contributed by atoms with E-state index in [9.17, 15) is 5.11 Å². The van der Waals surface area contributed by atoms with E-state index in [1.165, 1.54) is 0 Å². The highest BCUT2D eigenvalue weighted by Gasteiger charge is 2.17. The van der Waals surface area contributed by atoms with E-state index in [0.717, 1.165) is 0 Å². The zero-order valence-corrected chi connectivity index (χ0v) is 8.95. The number of methoxy groups -OCH3 is 1. The van der Waals surface area contributed by atoms with Gasteiger partial charge in [0.2, 0.25) is 0 Å². The standard InChI is InChI=1S/C10H14ClNO2/c1-6(12)10(13)8-5-7(11)3-4-9(8)14-2/h3-6,10,13H,12H2,1-2H3/t6-,10-/m1/s1. The third-order valence-corrected chi connectivity index (χ3v) is 2.24. The van der Waals surface area contributed by atoms with Crippen molar-refractivity contribution in [3.05, 3.63) is 28.8 Å². The first kappa shape index (κ1) is 11.3. The molecular weight excluding hydrogens is 202 g/mol. The van der Waals surface area contributed by atoms with Crippen molar-refractivity contribution in [3.63, 3.8) is 0 Å². The Morgan fingerprint density at radius 3 is 2.64 bits per heavy atom. The van der Waals surface area contributed by atoms with Gasteiger partial charge in [-0.15, -0.1) is 0 Å². The number of aliphatic hydroxyl groups excluding tert-OH is 1. The molecule has 0 spiro atoms. The lowest BCUT2D eigenvalue weighted by atomic mass is 10.0. The van der Waals surface area contributed by atoms with Crippen molar-refractivity contribution in [1.29, 1.82) is 0 Å². The molecule has 1 aromatic carbocycles. The molecule has 0 aromatic heterocycles. The quantitative estimate of drug-likeness (QED) is 0.808. The fraction of sp³-hybridized carbons (Fsp3) is 0.400. The highest BCUT2D eigenvalue weighted by atomic mass is 35.5. The van der Waals surface area contributed by atoms with Crippen molar-refractivity contribution >= 4 is 11.6 Å². The van der Waals surface area contributed by atoms with Crippen LogP contribution in [0, 0.1) is 0 Å². The van der Waals surface area contributed by atoms with Gasteiger partial charge in [0.05, 0.1) is 13.2 Å². The first-order chi connectivity index (χ1) is 6.56. The number of aliphatic hydroxyl groups is 1. The molecule has 1 aromatic rings. The Labute approximate surface area is 88.4 Å². The molecule has 0 radical (unpaired) electrons. The lowest BCUT2D eigenvalue weighted by molar-refractivity contribution is 0.149. The van der Waals surface area contributed by atoms with Gasteiger partial charge >= 0.3 is 0 Å². The van der Waals surface area contributed by atoms with E-state index in [1.807, 2.05) is 0 Å². The Balaban J connectivity index is 3.10. The average Bonchev–Trinajstić information content (AvgIpc) is 2.16. The lowest BCUT2D eigenvalue weighted by Gasteiger charge is -2.17. The number of halogens is 1. The molecule has 0 fully saturated rings. The molecule has 0 bridgehead atoms. The topological polar surface area (TPSA) is 55.5 Å². The Kier molecular flexibility index (Phi) is 3.75. The minimum atomic E-state index is -0.761. The van der Waals surface area contributed by atoms with Crippen molar-refractivity contribution < 1.29 is 9.84 Å². The van der Waals surface area contributed by atoms with E-state index in [4.69, 9.17) is 22.1 Å². The lowest BCUT2D eigenvalue weighted by Crippen LogP contribution is -2.24. The molecule has 3 N–H and O–H groups in total. The summed E-state index contributed by atoms with van der Waals surface area (Å²) in [6.07, 6.45) is -0.761. The van der Waals surface area contributed by atoms with Crippen LogP contribution in [0.15, 0.2) is 18.2 Å². The van der Waals surface area contributed by atoms with E-state index in [-0.39, 0.29) is 6.04 Å². The second-order valence-corrected chi connectivity index (χ2v) is 3.63. The predicted octanol–water partition coefficient (Wildman–Crippen LogP) is 1.73. The summed E-state index contributed by atoms with van der Waals surface area (Å²) in [6, 6.07) is 4.72. The summed E-state index contributed by atoms with van der Waals surface area (Å²) >= 11 is 5.82. The van der Waals surface area contributed by atoms with Gasteiger partial charge in [0, 0.05) is 16.6 Å². The summed E-state index contributed by atoms with van der Waals surface area (Å²) in [7, 11) is 1.54. The summed E-state index contributed by atoms with van der Waals surface area (Å²) in [5.74, 6) is 0.596. The Bertz CT molecular complexity index is 315. The highest BCUT2D eigenvalue weighted by molar-refractivity contribution is 6.30. The van der Waals surface area contributed by atoms with Crippen LogP contribution in [0.2, 0.25) is 5.02 Å². The molecular formula is C10H14ClNO2. The normalized spacial score (nSPS) is 14.9. The largest absolute Gasteiger partial charge is 0.496 e. The number of rotatable bonds is 3. The molecule has 0 amide bonds. The van der Waals surface area contributed by atoms with Crippen LogP contribution in [0.25, 0.3) is 0 Å². The van der Waals surface area contributed by atoms with Gasteiger partial charge in [-0.05, 0) is 25.1 Å². The van der Waals surface area contributed by atoms with Gasteiger partial charge in [-0.25, -0.2) is 0 Å². The second kappa shape index (κ2) is 4.64. The second-order valence-electron chi connectivity index (χ2n) is 3.19. The molecule has 0 aliphatic heterocycles. The van der Waals surface area contributed by atoms with Gasteiger partial charge in [0.25, 0.3) is 0 Å². The number of ether oxygens (including phenoxy) is 1. The molecule has 0 saturated carbocycles. The number of hydrogen-bond acceptors (Lipinski definition) is 3. The van der Waals surface area contributed by atoms with E-state index >= 15 is 0 Å². The molecule has 0 heterocycles. The van der Waals surface area contributed by atoms with Crippen LogP contribution < -0.4 is 10.5 Å². The monoisotopic (exact) mass is 215 g/mol. The molecule has 0 aliphatic carbocycles. The minimum Gasteiger partial charge on any atom is -0.496 e. The van der Waals surface area contributed by atoms with E-state index < -0.39 is 6.10 Å². The summed E-state index contributed by atoms with van der Waals surface area (Å²) in [5.41, 5.74) is 6.21. The van der Waals surface area contributed by atoms with E-state index in [2.05, 4.69) is 0 Å². The van der Waals surface area contributed by atoms with Crippen LogP contribution in [0.3, 0.4) is 0 Å². The maximum Gasteiger partial charge on any atom is 0.124 e. The number of nitrogens with two attached hydrogens (primary N) is 1. The van der Waals surface area contributed by atoms with Gasteiger partial charge in [0.1, 0.15) is 5.75 Å². The Morgan fingerprint density at radius 2 is 2.14 bits per heavy atom.